The van der Waals surface area contributed by atoms with Crippen LogP contribution in [-0.2, 0) is 5.41 Å². The lowest BCUT2D eigenvalue weighted by Gasteiger charge is -2.13. The average Bonchev–Trinajstić information content (AvgIpc) is 3.30. The summed E-state index contributed by atoms with van der Waals surface area (Å²) in [6.07, 6.45) is 2.39. The maximum absolute atomic E-state index is 6.00. The molecule has 3 N–H and O–H groups in total. The van der Waals surface area contributed by atoms with E-state index in [4.69, 9.17) is 5.73 Å². The van der Waals surface area contributed by atoms with Gasteiger partial charge in [0, 0.05) is 11.1 Å². The summed E-state index contributed by atoms with van der Waals surface area (Å²) in [5.41, 5.74) is 9.79. The molecular formula is C18H22IN3. The molecule has 3 rings (SSSR count). The molecule has 3 nitrogen and oxygen atoms in total. The molecule has 0 spiro atoms. The van der Waals surface area contributed by atoms with Crippen LogP contribution in [-0.4, -0.2) is 12.5 Å². The van der Waals surface area contributed by atoms with Crippen molar-refractivity contribution in [2.75, 3.05) is 11.9 Å². The first-order valence-corrected chi connectivity index (χ1v) is 7.37. The molecule has 1 aliphatic rings. The van der Waals surface area contributed by atoms with E-state index in [-0.39, 0.29) is 29.4 Å². The van der Waals surface area contributed by atoms with Gasteiger partial charge in [-0.05, 0) is 37.5 Å². The molecular weight excluding hydrogens is 385 g/mol. The molecule has 116 valence electrons. The molecule has 22 heavy (non-hydrogen) atoms. The van der Waals surface area contributed by atoms with Gasteiger partial charge in [0.2, 0.25) is 0 Å². The second-order valence-corrected chi connectivity index (χ2v) is 5.84. The first-order valence-electron chi connectivity index (χ1n) is 7.37. The van der Waals surface area contributed by atoms with Gasteiger partial charge in [0.1, 0.15) is 0 Å². The number of guanidine groups is 1. The lowest BCUT2D eigenvalue weighted by atomic mass is 9.96. The van der Waals surface area contributed by atoms with E-state index in [0.29, 0.717) is 5.96 Å². The Balaban J connectivity index is 0.00000176. The molecule has 0 unspecified atom stereocenters. The standard InChI is InChI=1S/C18H21N3.HI/c1-14-7-9-16(10-8-14)21-17(19)20-13-18(11-12-18)15-5-3-2-4-6-15;/h2-10H,11-13H2,1H3,(H3,19,20,21);1H. The largest absolute Gasteiger partial charge is 0.370 e. The quantitative estimate of drug-likeness (QED) is 0.456. The molecule has 0 aliphatic heterocycles. The van der Waals surface area contributed by atoms with Crippen molar-refractivity contribution in [2.45, 2.75) is 25.2 Å². The highest BCUT2D eigenvalue weighted by Gasteiger charge is 2.43. The molecule has 0 heterocycles. The Morgan fingerprint density at radius 2 is 1.73 bits per heavy atom. The number of hydrogen-bond acceptors (Lipinski definition) is 1. The van der Waals surface area contributed by atoms with Crippen molar-refractivity contribution in [3.63, 3.8) is 0 Å². The van der Waals surface area contributed by atoms with E-state index in [1.54, 1.807) is 0 Å². The summed E-state index contributed by atoms with van der Waals surface area (Å²) in [6, 6.07) is 18.8. The van der Waals surface area contributed by atoms with E-state index in [0.717, 1.165) is 12.2 Å². The second kappa shape index (κ2) is 7.13. The van der Waals surface area contributed by atoms with Crippen LogP contribution in [0, 0.1) is 6.92 Å². The summed E-state index contributed by atoms with van der Waals surface area (Å²) in [4.78, 5) is 4.54. The number of aliphatic imine (C=N–C) groups is 1. The molecule has 0 bridgehead atoms. The highest BCUT2D eigenvalue weighted by molar-refractivity contribution is 14.0. The number of nitrogens with zero attached hydrogens (tertiary/aromatic N) is 1. The van der Waals surface area contributed by atoms with Gasteiger partial charge in [-0.2, -0.15) is 0 Å². The topological polar surface area (TPSA) is 50.4 Å². The fourth-order valence-corrected chi connectivity index (χ4v) is 2.54. The van der Waals surface area contributed by atoms with Gasteiger partial charge in [-0.15, -0.1) is 24.0 Å². The zero-order valence-electron chi connectivity index (χ0n) is 12.8. The number of aryl methyl sites for hydroxylation is 1. The third kappa shape index (κ3) is 4.00. The van der Waals surface area contributed by atoms with E-state index < -0.39 is 0 Å². The van der Waals surface area contributed by atoms with E-state index in [1.807, 2.05) is 12.1 Å². The molecule has 2 aromatic carbocycles. The van der Waals surface area contributed by atoms with Crippen molar-refractivity contribution < 1.29 is 0 Å². The summed E-state index contributed by atoms with van der Waals surface area (Å²) in [5, 5.41) is 3.15. The molecule has 1 aliphatic carbocycles. The first kappa shape index (κ1) is 16.8. The average molecular weight is 407 g/mol. The summed E-state index contributed by atoms with van der Waals surface area (Å²) in [7, 11) is 0. The summed E-state index contributed by atoms with van der Waals surface area (Å²) in [6.45, 7) is 2.82. The molecule has 2 aromatic rings. The number of anilines is 1. The molecule has 0 radical (unpaired) electrons. The Morgan fingerprint density at radius 1 is 1.09 bits per heavy atom. The van der Waals surface area contributed by atoms with Crippen LogP contribution in [0.1, 0.15) is 24.0 Å². The maximum Gasteiger partial charge on any atom is 0.193 e. The van der Waals surface area contributed by atoms with E-state index in [2.05, 4.69) is 59.7 Å². The van der Waals surface area contributed by atoms with Crippen LogP contribution in [0.5, 0.6) is 0 Å². The fraction of sp³-hybridized carbons (Fsp3) is 0.278. The lowest BCUT2D eigenvalue weighted by Crippen LogP contribution is -2.24. The van der Waals surface area contributed by atoms with Crippen molar-refractivity contribution in [3.8, 4) is 0 Å². The Bertz CT molecular complexity index is 631. The van der Waals surface area contributed by atoms with E-state index in [1.165, 1.54) is 24.0 Å². The maximum atomic E-state index is 6.00. The van der Waals surface area contributed by atoms with Crippen molar-refractivity contribution in [3.05, 3.63) is 65.7 Å². The SMILES string of the molecule is Cc1ccc(NC(N)=NCC2(c3ccccc3)CC2)cc1.I. The molecule has 1 fully saturated rings. The van der Waals surface area contributed by atoms with E-state index >= 15 is 0 Å². The second-order valence-electron chi connectivity index (χ2n) is 5.84. The molecule has 4 heteroatoms. The van der Waals surface area contributed by atoms with Gasteiger partial charge in [0.25, 0.3) is 0 Å². The summed E-state index contributed by atoms with van der Waals surface area (Å²) < 4.78 is 0. The van der Waals surface area contributed by atoms with Crippen molar-refractivity contribution in [1.82, 2.24) is 0 Å². The zero-order chi connectivity index (χ0) is 14.7. The number of hydrogen-bond donors (Lipinski definition) is 2. The first-order chi connectivity index (χ1) is 10.2. The van der Waals surface area contributed by atoms with Gasteiger partial charge in [-0.1, -0.05) is 48.0 Å². The summed E-state index contributed by atoms with van der Waals surface area (Å²) >= 11 is 0. The number of rotatable bonds is 4. The Hall–Kier alpha value is -1.56. The van der Waals surface area contributed by atoms with E-state index in [9.17, 15) is 0 Å². The van der Waals surface area contributed by atoms with Gasteiger partial charge < -0.3 is 11.1 Å². The minimum atomic E-state index is 0. The van der Waals surface area contributed by atoms with Crippen LogP contribution in [0.25, 0.3) is 0 Å². The minimum absolute atomic E-state index is 0. The molecule has 0 aromatic heterocycles. The van der Waals surface area contributed by atoms with Crippen molar-refractivity contribution in [1.29, 1.82) is 0 Å². The normalized spacial score (nSPS) is 15.8. The molecule has 1 saturated carbocycles. The predicted molar refractivity (Wildman–Crippen MR) is 104 cm³/mol. The Morgan fingerprint density at radius 3 is 2.32 bits per heavy atom. The van der Waals surface area contributed by atoms with Crippen LogP contribution in [0.4, 0.5) is 5.69 Å². The van der Waals surface area contributed by atoms with Crippen LogP contribution in [0.15, 0.2) is 59.6 Å². The van der Waals surface area contributed by atoms with Gasteiger partial charge in [-0.3, -0.25) is 4.99 Å². The summed E-state index contributed by atoms with van der Waals surface area (Å²) in [5.74, 6) is 0.487. The minimum Gasteiger partial charge on any atom is -0.370 e. The van der Waals surface area contributed by atoms with Crippen molar-refractivity contribution >= 4 is 35.6 Å². The lowest BCUT2D eigenvalue weighted by molar-refractivity contribution is 0.705. The van der Waals surface area contributed by atoms with Gasteiger partial charge in [-0.25, -0.2) is 0 Å². The number of nitrogens with two attached hydrogens (primary N) is 1. The highest BCUT2D eigenvalue weighted by atomic mass is 127. The number of halogens is 1. The third-order valence-electron chi connectivity index (χ3n) is 4.12. The zero-order valence-corrected chi connectivity index (χ0v) is 15.1. The van der Waals surface area contributed by atoms with Gasteiger partial charge >= 0.3 is 0 Å². The Labute approximate surface area is 149 Å². The van der Waals surface area contributed by atoms with Crippen LogP contribution in [0.3, 0.4) is 0 Å². The fourth-order valence-electron chi connectivity index (χ4n) is 2.54. The molecule has 0 saturated heterocycles. The molecule has 0 amide bonds. The van der Waals surface area contributed by atoms with Crippen molar-refractivity contribution in [2.24, 2.45) is 10.7 Å². The monoisotopic (exact) mass is 407 g/mol. The van der Waals surface area contributed by atoms with Gasteiger partial charge in [0.05, 0.1) is 6.54 Å². The van der Waals surface area contributed by atoms with Gasteiger partial charge in [0.15, 0.2) is 5.96 Å². The number of nitrogens with one attached hydrogen (secondary N) is 1. The molecule has 0 atom stereocenters. The smallest absolute Gasteiger partial charge is 0.193 e. The highest BCUT2D eigenvalue weighted by Crippen LogP contribution is 2.48. The van der Waals surface area contributed by atoms with Crippen LogP contribution in [0.2, 0.25) is 0 Å². The third-order valence-corrected chi connectivity index (χ3v) is 4.12. The van der Waals surface area contributed by atoms with Crippen LogP contribution >= 0.6 is 24.0 Å². The Kier molecular flexibility index (Phi) is 5.45. The van der Waals surface area contributed by atoms with Crippen LogP contribution < -0.4 is 11.1 Å². The number of benzene rings is 2. The predicted octanol–water partition coefficient (Wildman–Crippen LogP) is 4.07.